The first-order chi connectivity index (χ1) is 8.27. The van der Waals surface area contributed by atoms with Gasteiger partial charge in [-0.25, -0.2) is 0 Å². The largest absolute Gasteiger partial charge is 0.393 e. The van der Waals surface area contributed by atoms with Gasteiger partial charge in [0.1, 0.15) is 0 Å². The zero-order valence-electron chi connectivity index (χ0n) is 11.7. The fourth-order valence-electron chi connectivity index (χ4n) is 2.47. The number of rotatable bonds is 11. The van der Waals surface area contributed by atoms with Crippen molar-refractivity contribution in [3.05, 3.63) is 0 Å². The topological polar surface area (TPSA) is 32.8 Å². The third-order valence-corrected chi connectivity index (χ3v) is 3.69. The Morgan fingerprint density at radius 1 is 0.882 bits per heavy atom. The summed E-state index contributed by atoms with van der Waals surface area (Å²) >= 11 is 0. The van der Waals surface area contributed by atoms with Crippen molar-refractivity contribution in [3.8, 4) is 0 Å². The van der Waals surface area contributed by atoms with Gasteiger partial charge in [-0.1, -0.05) is 52.4 Å². The van der Waals surface area contributed by atoms with Gasteiger partial charge in [-0.05, 0) is 25.7 Å². The Balaban J connectivity index is 1.87. The Kier molecular flexibility index (Phi) is 7.87. The molecule has 0 bridgehead atoms. The lowest BCUT2D eigenvalue weighted by Crippen LogP contribution is -2.07. The van der Waals surface area contributed by atoms with Crippen molar-refractivity contribution >= 4 is 0 Å². The smallest absolute Gasteiger partial charge is 0.0842 e. The van der Waals surface area contributed by atoms with Gasteiger partial charge >= 0.3 is 0 Å². The number of hydrogen-bond donors (Lipinski definition) is 1. The molecule has 0 aromatic heterocycles. The Bertz CT molecular complexity index is 182. The van der Waals surface area contributed by atoms with E-state index in [4.69, 9.17) is 4.74 Å². The molecule has 2 nitrogen and oxygen atoms in total. The molecule has 17 heavy (non-hydrogen) atoms. The summed E-state index contributed by atoms with van der Waals surface area (Å²) in [5.74, 6) is 0. The molecule has 1 heterocycles. The highest BCUT2D eigenvalue weighted by Crippen LogP contribution is 2.31. The third-order valence-electron chi connectivity index (χ3n) is 3.69. The minimum absolute atomic E-state index is 0.102. The van der Waals surface area contributed by atoms with Crippen LogP contribution >= 0.6 is 0 Å². The first kappa shape index (κ1) is 15.0. The number of unbranched alkanes of at least 4 members (excludes halogenated alkanes) is 4. The molecule has 1 aliphatic heterocycles. The second-order valence-corrected chi connectivity index (χ2v) is 5.44. The van der Waals surface area contributed by atoms with Crippen LogP contribution in [0.25, 0.3) is 0 Å². The quantitative estimate of drug-likeness (QED) is 0.438. The van der Waals surface area contributed by atoms with E-state index in [0.717, 1.165) is 25.7 Å². The molecule has 3 unspecified atom stereocenters. The van der Waals surface area contributed by atoms with Gasteiger partial charge in [0.2, 0.25) is 0 Å². The summed E-state index contributed by atoms with van der Waals surface area (Å²) in [5, 5.41) is 9.63. The van der Waals surface area contributed by atoms with Gasteiger partial charge in [0, 0.05) is 0 Å². The van der Waals surface area contributed by atoms with E-state index in [9.17, 15) is 5.11 Å². The summed E-state index contributed by atoms with van der Waals surface area (Å²) < 4.78 is 5.64. The highest BCUT2D eigenvalue weighted by molar-refractivity contribution is 4.85. The van der Waals surface area contributed by atoms with E-state index in [1.165, 1.54) is 38.5 Å². The van der Waals surface area contributed by atoms with Gasteiger partial charge in [-0.15, -0.1) is 0 Å². The highest BCUT2D eigenvalue weighted by atomic mass is 16.6. The van der Waals surface area contributed by atoms with Gasteiger partial charge in [-0.2, -0.15) is 0 Å². The van der Waals surface area contributed by atoms with Crippen LogP contribution in [-0.4, -0.2) is 23.4 Å². The lowest BCUT2D eigenvalue weighted by molar-refractivity contribution is 0.147. The summed E-state index contributed by atoms with van der Waals surface area (Å²) in [6, 6.07) is 0. The third kappa shape index (κ3) is 7.05. The predicted octanol–water partition coefficient (Wildman–Crippen LogP) is 4.06. The van der Waals surface area contributed by atoms with E-state index in [0.29, 0.717) is 12.2 Å². The van der Waals surface area contributed by atoms with Crippen molar-refractivity contribution in [3.63, 3.8) is 0 Å². The monoisotopic (exact) mass is 242 g/mol. The summed E-state index contributed by atoms with van der Waals surface area (Å²) in [7, 11) is 0. The second kappa shape index (κ2) is 8.93. The highest BCUT2D eigenvalue weighted by Gasteiger charge is 2.37. The molecule has 0 saturated carbocycles. The van der Waals surface area contributed by atoms with Crippen molar-refractivity contribution in [1.29, 1.82) is 0 Å². The van der Waals surface area contributed by atoms with Crippen LogP contribution in [-0.2, 0) is 4.74 Å². The molecule has 0 aromatic carbocycles. The van der Waals surface area contributed by atoms with Crippen LogP contribution < -0.4 is 0 Å². The van der Waals surface area contributed by atoms with Crippen LogP contribution in [0.3, 0.4) is 0 Å². The van der Waals surface area contributed by atoms with Gasteiger partial charge in [0.05, 0.1) is 18.3 Å². The SMILES string of the molecule is CCCCCCCC1OC1CCC(O)CCC. The second-order valence-electron chi connectivity index (χ2n) is 5.44. The average Bonchev–Trinajstić information content (AvgIpc) is 3.05. The van der Waals surface area contributed by atoms with Crippen LogP contribution in [0.2, 0.25) is 0 Å². The summed E-state index contributed by atoms with van der Waals surface area (Å²) in [4.78, 5) is 0. The molecule has 102 valence electrons. The molecule has 3 atom stereocenters. The van der Waals surface area contributed by atoms with Gasteiger partial charge in [0.25, 0.3) is 0 Å². The minimum atomic E-state index is -0.102. The number of ether oxygens (including phenoxy) is 1. The predicted molar refractivity (Wildman–Crippen MR) is 72.2 cm³/mol. The Labute approximate surface area is 107 Å². The molecule has 0 aromatic rings. The van der Waals surface area contributed by atoms with E-state index in [1.54, 1.807) is 0 Å². The lowest BCUT2D eigenvalue weighted by atomic mass is 10.0. The minimum Gasteiger partial charge on any atom is -0.393 e. The van der Waals surface area contributed by atoms with Crippen molar-refractivity contribution in [1.82, 2.24) is 0 Å². The van der Waals surface area contributed by atoms with Gasteiger partial charge in [0.15, 0.2) is 0 Å². The summed E-state index contributed by atoms with van der Waals surface area (Å²) in [6.07, 6.45) is 12.9. The maximum atomic E-state index is 9.63. The average molecular weight is 242 g/mol. The molecule has 0 radical (unpaired) electrons. The zero-order chi connectivity index (χ0) is 12.5. The van der Waals surface area contributed by atoms with E-state index >= 15 is 0 Å². The zero-order valence-corrected chi connectivity index (χ0v) is 11.7. The number of epoxide rings is 1. The van der Waals surface area contributed by atoms with Crippen molar-refractivity contribution in [2.24, 2.45) is 0 Å². The van der Waals surface area contributed by atoms with Crippen LogP contribution in [0.1, 0.15) is 78.1 Å². The maximum Gasteiger partial charge on any atom is 0.0842 e. The van der Waals surface area contributed by atoms with Crippen molar-refractivity contribution in [2.45, 2.75) is 96.4 Å². The molecular weight excluding hydrogens is 212 g/mol. The molecule has 1 N–H and O–H groups in total. The van der Waals surface area contributed by atoms with Gasteiger partial charge < -0.3 is 9.84 Å². The molecule has 1 aliphatic rings. The van der Waals surface area contributed by atoms with Crippen LogP contribution in [0.5, 0.6) is 0 Å². The molecule has 2 heteroatoms. The Hall–Kier alpha value is -0.0800. The van der Waals surface area contributed by atoms with Crippen LogP contribution in [0.4, 0.5) is 0 Å². The lowest BCUT2D eigenvalue weighted by Gasteiger charge is -2.06. The molecule has 1 fully saturated rings. The van der Waals surface area contributed by atoms with Crippen molar-refractivity contribution in [2.75, 3.05) is 0 Å². The maximum absolute atomic E-state index is 9.63. The molecule has 0 spiro atoms. The van der Waals surface area contributed by atoms with E-state index in [1.807, 2.05) is 0 Å². The Morgan fingerprint density at radius 3 is 2.29 bits per heavy atom. The van der Waals surface area contributed by atoms with E-state index in [2.05, 4.69) is 13.8 Å². The fourth-order valence-corrected chi connectivity index (χ4v) is 2.47. The van der Waals surface area contributed by atoms with Crippen LogP contribution in [0, 0.1) is 0 Å². The number of hydrogen-bond acceptors (Lipinski definition) is 2. The molecule has 1 rings (SSSR count). The molecule has 0 amide bonds. The van der Waals surface area contributed by atoms with E-state index < -0.39 is 0 Å². The standard InChI is InChI=1S/C15H30O2/c1-3-5-6-7-8-10-14-15(17-14)12-11-13(16)9-4-2/h13-16H,3-12H2,1-2H3. The Morgan fingerprint density at radius 2 is 1.59 bits per heavy atom. The molecule has 1 saturated heterocycles. The number of aliphatic hydroxyl groups is 1. The first-order valence-corrected chi connectivity index (χ1v) is 7.61. The summed E-state index contributed by atoms with van der Waals surface area (Å²) in [5.41, 5.74) is 0. The normalized spacial score (nSPS) is 24.9. The molecular formula is C15H30O2. The number of aliphatic hydroxyl groups excluding tert-OH is 1. The van der Waals surface area contributed by atoms with Crippen molar-refractivity contribution < 1.29 is 9.84 Å². The van der Waals surface area contributed by atoms with E-state index in [-0.39, 0.29) is 6.10 Å². The van der Waals surface area contributed by atoms with Gasteiger partial charge in [-0.3, -0.25) is 0 Å². The first-order valence-electron chi connectivity index (χ1n) is 7.61. The van der Waals surface area contributed by atoms with Crippen LogP contribution in [0.15, 0.2) is 0 Å². The fraction of sp³-hybridized carbons (Fsp3) is 1.00. The molecule has 0 aliphatic carbocycles. The summed E-state index contributed by atoms with van der Waals surface area (Å²) in [6.45, 7) is 4.37.